The minimum absolute atomic E-state index is 0.126. The van der Waals surface area contributed by atoms with E-state index in [4.69, 9.17) is 9.84 Å². The Bertz CT molecular complexity index is 349. The number of rotatable bonds is 3. The molecule has 0 saturated carbocycles. The van der Waals surface area contributed by atoms with E-state index in [9.17, 15) is 4.79 Å². The Kier molecular flexibility index (Phi) is 3.55. The van der Waals surface area contributed by atoms with Crippen LogP contribution in [0.2, 0.25) is 0 Å². The van der Waals surface area contributed by atoms with Gasteiger partial charge in [0.1, 0.15) is 5.75 Å². The number of hydrogen-bond donors (Lipinski definition) is 1. The van der Waals surface area contributed by atoms with Gasteiger partial charge < -0.3 is 9.84 Å². The zero-order valence-electron chi connectivity index (χ0n) is 9.10. The van der Waals surface area contributed by atoms with E-state index in [-0.39, 0.29) is 6.04 Å². The first-order chi connectivity index (χ1) is 7.07. The quantitative estimate of drug-likeness (QED) is 0.832. The van der Waals surface area contributed by atoms with Crippen LogP contribution in [0.3, 0.4) is 0 Å². The van der Waals surface area contributed by atoms with Crippen molar-refractivity contribution < 1.29 is 14.6 Å². The van der Waals surface area contributed by atoms with E-state index in [0.717, 1.165) is 0 Å². The molecule has 0 aliphatic heterocycles. The van der Waals surface area contributed by atoms with Crippen molar-refractivity contribution in [2.75, 3.05) is 12.0 Å². The molecule has 1 N–H and O–H groups in total. The fourth-order valence-corrected chi connectivity index (χ4v) is 1.43. The van der Waals surface area contributed by atoms with Crippen molar-refractivity contribution in [3.63, 3.8) is 0 Å². The summed E-state index contributed by atoms with van der Waals surface area (Å²) in [6.45, 7) is 3.64. The number of carbonyl (C=O) groups is 1. The van der Waals surface area contributed by atoms with Crippen molar-refractivity contribution in [1.82, 2.24) is 0 Å². The molecule has 0 bridgehead atoms. The molecule has 0 aliphatic carbocycles. The highest BCUT2D eigenvalue weighted by Gasteiger charge is 2.20. The van der Waals surface area contributed by atoms with Crippen molar-refractivity contribution in [3.05, 3.63) is 24.3 Å². The lowest BCUT2D eigenvalue weighted by Gasteiger charge is -2.24. The number of ether oxygens (including phenoxy) is 1. The third-order valence-electron chi connectivity index (χ3n) is 2.07. The standard InChI is InChI=1S/C11H15NO3/c1-8(2)12(11(13)14)9-6-4-5-7-10(9)15-3/h4-8H,1-3H3,(H,13,14). The minimum atomic E-state index is -0.977. The molecule has 1 aromatic carbocycles. The van der Waals surface area contributed by atoms with Gasteiger partial charge in [-0.2, -0.15) is 0 Å². The van der Waals surface area contributed by atoms with E-state index in [1.54, 1.807) is 18.2 Å². The van der Waals surface area contributed by atoms with E-state index in [1.807, 2.05) is 19.9 Å². The lowest BCUT2D eigenvalue weighted by molar-refractivity contribution is 0.199. The van der Waals surface area contributed by atoms with Crippen LogP contribution in [0.5, 0.6) is 5.75 Å². The van der Waals surface area contributed by atoms with E-state index in [2.05, 4.69) is 0 Å². The summed E-state index contributed by atoms with van der Waals surface area (Å²) in [5.74, 6) is 0.564. The Balaban J connectivity index is 3.16. The van der Waals surface area contributed by atoms with Gasteiger partial charge in [-0.15, -0.1) is 0 Å². The number of para-hydroxylation sites is 2. The summed E-state index contributed by atoms with van der Waals surface area (Å²) >= 11 is 0. The van der Waals surface area contributed by atoms with Crippen LogP contribution in [0.15, 0.2) is 24.3 Å². The number of hydrogen-bond acceptors (Lipinski definition) is 2. The number of anilines is 1. The zero-order valence-corrected chi connectivity index (χ0v) is 9.10. The number of benzene rings is 1. The Hall–Kier alpha value is -1.71. The highest BCUT2D eigenvalue weighted by Crippen LogP contribution is 2.29. The zero-order chi connectivity index (χ0) is 11.4. The molecule has 0 fully saturated rings. The molecule has 82 valence electrons. The SMILES string of the molecule is COc1ccccc1N(C(=O)O)C(C)C. The molecular weight excluding hydrogens is 194 g/mol. The van der Waals surface area contributed by atoms with Crippen molar-refractivity contribution in [2.45, 2.75) is 19.9 Å². The van der Waals surface area contributed by atoms with Gasteiger partial charge in [-0.25, -0.2) is 4.79 Å². The molecule has 15 heavy (non-hydrogen) atoms. The molecule has 1 amide bonds. The fraction of sp³-hybridized carbons (Fsp3) is 0.364. The lowest BCUT2D eigenvalue weighted by Crippen LogP contribution is -2.35. The number of methoxy groups -OCH3 is 1. The second-order valence-corrected chi connectivity index (χ2v) is 3.42. The van der Waals surface area contributed by atoms with E-state index >= 15 is 0 Å². The molecule has 4 nitrogen and oxygen atoms in total. The molecule has 0 spiro atoms. The Morgan fingerprint density at radius 3 is 2.47 bits per heavy atom. The molecule has 0 aromatic heterocycles. The second kappa shape index (κ2) is 4.68. The average Bonchev–Trinajstić information content (AvgIpc) is 2.17. The Morgan fingerprint density at radius 1 is 1.40 bits per heavy atom. The predicted octanol–water partition coefficient (Wildman–Crippen LogP) is 2.59. The highest BCUT2D eigenvalue weighted by molar-refractivity contribution is 5.88. The molecule has 0 radical (unpaired) electrons. The van der Waals surface area contributed by atoms with Gasteiger partial charge in [0.05, 0.1) is 12.8 Å². The third-order valence-corrected chi connectivity index (χ3v) is 2.07. The van der Waals surface area contributed by atoms with Gasteiger partial charge >= 0.3 is 6.09 Å². The predicted molar refractivity (Wildman–Crippen MR) is 58.6 cm³/mol. The molecule has 4 heteroatoms. The van der Waals surface area contributed by atoms with Gasteiger partial charge in [0, 0.05) is 6.04 Å². The van der Waals surface area contributed by atoms with Crippen LogP contribution >= 0.6 is 0 Å². The summed E-state index contributed by atoms with van der Waals surface area (Å²) in [6.07, 6.45) is -0.977. The number of nitrogens with zero attached hydrogens (tertiary/aromatic N) is 1. The van der Waals surface area contributed by atoms with Crippen LogP contribution in [0.1, 0.15) is 13.8 Å². The van der Waals surface area contributed by atoms with E-state index < -0.39 is 6.09 Å². The van der Waals surface area contributed by atoms with E-state index in [0.29, 0.717) is 11.4 Å². The first-order valence-electron chi connectivity index (χ1n) is 4.73. The Labute approximate surface area is 89.1 Å². The highest BCUT2D eigenvalue weighted by atomic mass is 16.5. The van der Waals surface area contributed by atoms with Crippen molar-refractivity contribution >= 4 is 11.8 Å². The van der Waals surface area contributed by atoms with Crippen LogP contribution in [0.25, 0.3) is 0 Å². The summed E-state index contributed by atoms with van der Waals surface area (Å²) in [6, 6.07) is 6.94. The molecule has 0 atom stereocenters. The van der Waals surface area contributed by atoms with Gasteiger partial charge in [-0.1, -0.05) is 12.1 Å². The molecule has 1 aromatic rings. The van der Waals surface area contributed by atoms with Gasteiger partial charge in [0.15, 0.2) is 0 Å². The lowest BCUT2D eigenvalue weighted by atomic mass is 10.2. The molecular formula is C11H15NO3. The molecule has 0 unspecified atom stereocenters. The summed E-state index contributed by atoms with van der Waals surface area (Å²) in [7, 11) is 1.53. The van der Waals surface area contributed by atoms with Gasteiger partial charge in [0.2, 0.25) is 0 Å². The third kappa shape index (κ3) is 2.40. The molecule has 0 saturated heterocycles. The molecule has 0 aliphatic rings. The van der Waals surface area contributed by atoms with Gasteiger partial charge in [-0.3, -0.25) is 4.90 Å². The largest absolute Gasteiger partial charge is 0.495 e. The van der Waals surface area contributed by atoms with Gasteiger partial charge in [0.25, 0.3) is 0 Å². The fourth-order valence-electron chi connectivity index (χ4n) is 1.43. The monoisotopic (exact) mass is 209 g/mol. The summed E-state index contributed by atoms with van der Waals surface area (Å²) < 4.78 is 5.12. The average molecular weight is 209 g/mol. The van der Waals surface area contributed by atoms with Crippen LogP contribution in [0.4, 0.5) is 10.5 Å². The van der Waals surface area contributed by atoms with Crippen LogP contribution in [0, 0.1) is 0 Å². The normalized spacial score (nSPS) is 10.1. The topological polar surface area (TPSA) is 49.8 Å². The summed E-state index contributed by atoms with van der Waals surface area (Å²) in [5.41, 5.74) is 0.572. The minimum Gasteiger partial charge on any atom is -0.495 e. The van der Waals surface area contributed by atoms with Crippen molar-refractivity contribution in [2.24, 2.45) is 0 Å². The molecule has 0 heterocycles. The maximum absolute atomic E-state index is 11.1. The number of amides is 1. The summed E-state index contributed by atoms with van der Waals surface area (Å²) in [4.78, 5) is 12.4. The van der Waals surface area contributed by atoms with Gasteiger partial charge in [-0.05, 0) is 26.0 Å². The Morgan fingerprint density at radius 2 is 2.00 bits per heavy atom. The maximum Gasteiger partial charge on any atom is 0.412 e. The number of carboxylic acid groups (broad SMARTS) is 1. The smallest absolute Gasteiger partial charge is 0.412 e. The van der Waals surface area contributed by atoms with Crippen LogP contribution in [-0.2, 0) is 0 Å². The maximum atomic E-state index is 11.1. The first-order valence-corrected chi connectivity index (χ1v) is 4.73. The van der Waals surface area contributed by atoms with Crippen molar-refractivity contribution in [3.8, 4) is 5.75 Å². The molecule has 1 rings (SSSR count). The second-order valence-electron chi connectivity index (χ2n) is 3.42. The summed E-state index contributed by atoms with van der Waals surface area (Å²) in [5, 5.41) is 9.09. The van der Waals surface area contributed by atoms with E-state index in [1.165, 1.54) is 12.0 Å². The first kappa shape index (κ1) is 11.4. The van der Waals surface area contributed by atoms with Crippen molar-refractivity contribution in [1.29, 1.82) is 0 Å². The van der Waals surface area contributed by atoms with Crippen LogP contribution < -0.4 is 9.64 Å². The van der Waals surface area contributed by atoms with Crippen LogP contribution in [-0.4, -0.2) is 24.4 Å².